The number of rotatable bonds is 5. The summed E-state index contributed by atoms with van der Waals surface area (Å²) in [5.74, 6) is 0.284. The summed E-state index contributed by atoms with van der Waals surface area (Å²) in [6.45, 7) is 2.43. The van der Waals surface area contributed by atoms with Crippen LogP contribution in [0, 0.1) is 11.3 Å². The molecule has 0 saturated carbocycles. The molecule has 3 aliphatic heterocycles. The number of nitrogens with zero attached hydrogens (tertiary/aromatic N) is 4. The SMILES string of the molecule is N#Cc1cnc2sc(C(=O)Nc3ccc(CN4CCC(O)CC4)cc3)c3c2c1N(c1c(Cl)ccc2c1OCO2)C(=O)N3. The Labute approximate surface area is 248 Å². The number of aliphatic hydroxyl groups is 1. The predicted molar refractivity (Wildman–Crippen MR) is 158 cm³/mol. The number of hydrogen-bond donors (Lipinski definition) is 3. The molecular formula is C29H23ClN6O5S. The number of hydrogen-bond acceptors (Lipinski definition) is 9. The number of carbonyl (C=O) groups excluding carboxylic acids is 2. The number of benzene rings is 2. The molecule has 5 heterocycles. The van der Waals surface area contributed by atoms with Crippen LogP contribution in [0.25, 0.3) is 10.2 Å². The molecule has 42 heavy (non-hydrogen) atoms. The van der Waals surface area contributed by atoms with Gasteiger partial charge in [0.1, 0.15) is 21.5 Å². The van der Waals surface area contributed by atoms with Gasteiger partial charge in [0.15, 0.2) is 11.5 Å². The van der Waals surface area contributed by atoms with Crippen LogP contribution in [0.2, 0.25) is 5.02 Å². The maximum absolute atomic E-state index is 13.7. The van der Waals surface area contributed by atoms with Crippen LogP contribution in [-0.4, -0.2) is 52.9 Å². The first-order valence-electron chi connectivity index (χ1n) is 13.3. The van der Waals surface area contributed by atoms with E-state index in [1.165, 1.54) is 11.1 Å². The third-order valence-corrected chi connectivity index (χ3v) is 8.94. The van der Waals surface area contributed by atoms with Crippen molar-refractivity contribution in [3.8, 4) is 17.6 Å². The maximum Gasteiger partial charge on any atom is 0.331 e. The number of urea groups is 1. The molecule has 0 aliphatic carbocycles. The van der Waals surface area contributed by atoms with Gasteiger partial charge in [-0.05, 0) is 42.7 Å². The Kier molecular flexibility index (Phi) is 6.59. The van der Waals surface area contributed by atoms with E-state index in [9.17, 15) is 20.0 Å². The number of pyridine rings is 1. The third-order valence-electron chi connectivity index (χ3n) is 7.54. The van der Waals surface area contributed by atoms with Crippen LogP contribution < -0.4 is 25.0 Å². The zero-order valence-corrected chi connectivity index (χ0v) is 23.6. The molecule has 0 atom stereocenters. The predicted octanol–water partition coefficient (Wildman–Crippen LogP) is 5.44. The first-order chi connectivity index (χ1) is 20.4. The van der Waals surface area contributed by atoms with E-state index >= 15 is 0 Å². The molecule has 0 unspecified atom stereocenters. The Morgan fingerprint density at radius 2 is 1.98 bits per heavy atom. The molecule has 11 nitrogen and oxygen atoms in total. The van der Waals surface area contributed by atoms with E-state index in [0.29, 0.717) is 21.7 Å². The molecule has 0 bridgehead atoms. The summed E-state index contributed by atoms with van der Waals surface area (Å²) >= 11 is 7.67. The number of fused-ring (bicyclic) bond motifs is 1. The summed E-state index contributed by atoms with van der Waals surface area (Å²) in [5, 5.41) is 26.1. The van der Waals surface area contributed by atoms with Crippen molar-refractivity contribution in [3.05, 3.63) is 63.6 Å². The number of nitrogens with one attached hydrogen (secondary N) is 2. The number of amides is 3. The largest absolute Gasteiger partial charge is 0.454 e. The maximum atomic E-state index is 13.7. The van der Waals surface area contributed by atoms with E-state index in [0.717, 1.165) is 49.4 Å². The number of aromatic nitrogens is 1. The normalized spacial score (nSPS) is 16.4. The van der Waals surface area contributed by atoms with Gasteiger partial charge in [-0.15, -0.1) is 11.3 Å². The number of piperidine rings is 1. The highest BCUT2D eigenvalue weighted by Crippen LogP contribution is 2.53. The molecule has 2 aromatic carbocycles. The Morgan fingerprint density at radius 3 is 2.74 bits per heavy atom. The minimum absolute atomic E-state index is 0.0353. The lowest BCUT2D eigenvalue weighted by molar-refractivity contribution is 0.0792. The number of aliphatic hydroxyl groups excluding tert-OH is 1. The number of carbonyl (C=O) groups is 2. The van der Waals surface area contributed by atoms with E-state index in [-0.39, 0.29) is 51.2 Å². The second-order valence-corrected chi connectivity index (χ2v) is 11.6. The number of nitriles is 1. The molecule has 2 aromatic heterocycles. The lowest BCUT2D eigenvalue weighted by atomic mass is 10.1. The van der Waals surface area contributed by atoms with Crippen molar-refractivity contribution in [2.45, 2.75) is 25.5 Å². The summed E-state index contributed by atoms with van der Waals surface area (Å²) in [7, 11) is 0. The van der Waals surface area contributed by atoms with Crippen LogP contribution in [0.4, 0.5) is 27.5 Å². The van der Waals surface area contributed by atoms with Crippen LogP contribution in [0.5, 0.6) is 11.5 Å². The number of likely N-dealkylation sites (tertiary alicyclic amines) is 1. The average molecular weight is 603 g/mol. The van der Waals surface area contributed by atoms with Gasteiger partial charge in [-0.2, -0.15) is 5.26 Å². The average Bonchev–Trinajstić information content (AvgIpc) is 3.62. The fourth-order valence-corrected chi connectivity index (χ4v) is 6.71. The number of halogens is 1. The van der Waals surface area contributed by atoms with Crippen molar-refractivity contribution in [3.63, 3.8) is 0 Å². The topological polar surface area (TPSA) is 140 Å². The van der Waals surface area contributed by atoms with Gasteiger partial charge in [-0.25, -0.2) is 9.78 Å². The molecule has 0 spiro atoms. The van der Waals surface area contributed by atoms with E-state index in [2.05, 4.69) is 26.6 Å². The first-order valence-corrected chi connectivity index (χ1v) is 14.5. The number of thiophene rings is 1. The zero-order chi connectivity index (χ0) is 29.0. The van der Waals surface area contributed by atoms with Crippen molar-refractivity contribution in [2.24, 2.45) is 0 Å². The van der Waals surface area contributed by atoms with Gasteiger partial charge >= 0.3 is 6.03 Å². The van der Waals surface area contributed by atoms with Gasteiger partial charge in [0, 0.05) is 31.5 Å². The molecule has 4 aromatic rings. The van der Waals surface area contributed by atoms with Crippen molar-refractivity contribution in [1.29, 1.82) is 5.26 Å². The van der Waals surface area contributed by atoms with Crippen LogP contribution >= 0.6 is 22.9 Å². The number of anilines is 4. The Morgan fingerprint density at radius 1 is 1.19 bits per heavy atom. The molecule has 0 radical (unpaired) electrons. The third kappa shape index (κ3) is 4.47. The molecule has 3 N–H and O–H groups in total. The van der Waals surface area contributed by atoms with E-state index in [1.807, 2.05) is 24.3 Å². The summed E-state index contributed by atoms with van der Waals surface area (Å²) in [5.41, 5.74) is 2.61. The van der Waals surface area contributed by atoms with E-state index < -0.39 is 11.9 Å². The molecule has 1 saturated heterocycles. The van der Waals surface area contributed by atoms with Crippen molar-refractivity contribution < 1.29 is 24.2 Å². The highest BCUT2D eigenvalue weighted by Gasteiger charge is 2.38. The summed E-state index contributed by atoms with van der Waals surface area (Å²) in [6, 6.07) is 12.3. The number of ether oxygens (including phenoxy) is 2. The minimum Gasteiger partial charge on any atom is -0.454 e. The monoisotopic (exact) mass is 602 g/mol. The highest BCUT2D eigenvalue weighted by atomic mass is 35.5. The quantitative estimate of drug-likeness (QED) is 0.274. The molecule has 1 fully saturated rings. The Balaban J connectivity index is 1.21. The van der Waals surface area contributed by atoms with Crippen LogP contribution in [0.1, 0.15) is 33.6 Å². The molecule has 3 amide bonds. The first kappa shape index (κ1) is 26.5. The minimum atomic E-state index is -0.612. The van der Waals surface area contributed by atoms with Crippen molar-refractivity contribution in [1.82, 2.24) is 9.88 Å². The van der Waals surface area contributed by atoms with E-state index in [1.54, 1.807) is 12.1 Å². The lowest BCUT2D eigenvalue weighted by Gasteiger charge is -2.30. The Hall–Kier alpha value is -4.41. The zero-order valence-electron chi connectivity index (χ0n) is 22.0. The highest BCUT2D eigenvalue weighted by molar-refractivity contribution is 7.21. The Bertz CT molecular complexity index is 1800. The van der Waals surface area contributed by atoms with Gasteiger partial charge in [-0.1, -0.05) is 23.7 Å². The summed E-state index contributed by atoms with van der Waals surface area (Å²) in [4.78, 5) is 35.9. The van der Waals surface area contributed by atoms with Gasteiger partial charge in [0.2, 0.25) is 6.79 Å². The van der Waals surface area contributed by atoms with Gasteiger partial charge < -0.3 is 25.2 Å². The summed E-state index contributed by atoms with van der Waals surface area (Å²) < 4.78 is 11.1. The van der Waals surface area contributed by atoms with Gasteiger partial charge in [0.25, 0.3) is 5.91 Å². The fraction of sp³-hybridized carbons (Fsp3) is 0.241. The second kappa shape index (κ2) is 10.5. The van der Waals surface area contributed by atoms with Crippen LogP contribution in [0.3, 0.4) is 0 Å². The summed E-state index contributed by atoms with van der Waals surface area (Å²) in [6.07, 6.45) is 2.70. The van der Waals surface area contributed by atoms with Crippen LogP contribution in [-0.2, 0) is 6.54 Å². The fourth-order valence-electron chi connectivity index (χ4n) is 5.48. The second-order valence-electron chi connectivity index (χ2n) is 10.2. The van der Waals surface area contributed by atoms with E-state index in [4.69, 9.17) is 21.1 Å². The van der Waals surface area contributed by atoms with Gasteiger partial charge in [-0.3, -0.25) is 14.6 Å². The van der Waals surface area contributed by atoms with Crippen molar-refractivity contribution >= 4 is 67.8 Å². The van der Waals surface area contributed by atoms with Crippen LogP contribution in [0.15, 0.2) is 42.6 Å². The molecule has 7 rings (SSSR count). The molecule has 212 valence electrons. The molecular weight excluding hydrogens is 580 g/mol. The standard InChI is InChI=1S/C29H23ClN6O5S/c30-19-5-6-20-25(41-14-40-20)24(19)36-23-16(11-31)12-32-28-21(23)22(34-29(36)39)26(42-28)27(38)33-17-3-1-15(2-4-17)13-35-9-7-18(37)8-10-35/h1-6,12,18,37H,7-10,13-14H2,(H,33,38)(H,34,39). The smallest absolute Gasteiger partial charge is 0.331 e. The molecule has 13 heteroatoms. The van der Waals surface area contributed by atoms with Crippen molar-refractivity contribution in [2.75, 3.05) is 35.4 Å². The van der Waals surface area contributed by atoms with Gasteiger partial charge in [0.05, 0.1) is 33.5 Å². The molecule has 3 aliphatic rings. The lowest BCUT2D eigenvalue weighted by Crippen LogP contribution is -2.35.